The number of aromatic hydroxyl groups is 1. The molecule has 3 heteroatoms. The first kappa shape index (κ1) is 22.4. The van der Waals surface area contributed by atoms with Gasteiger partial charge in [-0.3, -0.25) is 0 Å². The third kappa shape index (κ3) is 5.65. The van der Waals surface area contributed by atoms with Crippen molar-refractivity contribution in [2.75, 3.05) is 5.75 Å². The number of benzene rings is 1. The van der Waals surface area contributed by atoms with Crippen LogP contribution in [0.2, 0.25) is 0 Å². The molecule has 0 fully saturated rings. The van der Waals surface area contributed by atoms with Gasteiger partial charge in [0.2, 0.25) is 0 Å². The fourth-order valence-corrected chi connectivity index (χ4v) is 4.15. The molecule has 0 radical (unpaired) electrons. The Kier molecular flexibility index (Phi) is 7.09. The number of rotatable bonds is 6. The fourth-order valence-electron chi connectivity index (χ4n) is 3.05. The van der Waals surface area contributed by atoms with Crippen LogP contribution in [0.5, 0.6) is 5.75 Å². The van der Waals surface area contributed by atoms with Gasteiger partial charge in [-0.15, -0.1) is 11.8 Å². The van der Waals surface area contributed by atoms with Gasteiger partial charge >= 0.3 is 0 Å². The van der Waals surface area contributed by atoms with Crippen molar-refractivity contribution in [3.05, 3.63) is 23.3 Å². The summed E-state index contributed by atoms with van der Waals surface area (Å²) in [5.74, 6) is 1.56. The number of thioether (sulfide) groups is 1. The van der Waals surface area contributed by atoms with Crippen molar-refractivity contribution in [1.82, 2.24) is 0 Å². The maximum absolute atomic E-state index is 10.8. The molecule has 25 heavy (non-hydrogen) atoms. The maximum atomic E-state index is 10.8. The number of aliphatic hydroxyl groups is 1. The first-order valence-corrected chi connectivity index (χ1v) is 10.4. The van der Waals surface area contributed by atoms with Gasteiger partial charge in [0.15, 0.2) is 0 Å². The van der Waals surface area contributed by atoms with Gasteiger partial charge in [0.25, 0.3) is 0 Å². The van der Waals surface area contributed by atoms with E-state index in [1.165, 1.54) is 4.90 Å². The summed E-state index contributed by atoms with van der Waals surface area (Å²) in [5.41, 5.74) is 1.18. The van der Waals surface area contributed by atoms with E-state index in [1.54, 1.807) is 11.8 Å². The van der Waals surface area contributed by atoms with Crippen molar-refractivity contribution in [3.8, 4) is 5.75 Å². The van der Waals surface area contributed by atoms with Gasteiger partial charge in [0, 0.05) is 21.8 Å². The molecule has 0 bridgehead atoms. The summed E-state index contributed by atoms with van der Waals surface area (Å²) >= 11 is 1.78. The van der Waals surface area contributed by atoms with Crippen LogP contribution in [0.15, 0.2) is 17.0 Å². The second-order valence-corrected chi connectivity index (χ2v) is 10.7. The molecule has 0 spiro atoms. The van der Waals surface area contributed by atoms with Gasteiger partial charge in [-0.25, -0.2) is 0 Å². The second-order valence-electron chi connectivity index (χ2n) is 9.58. The Hall–Kier alpha value is -0.670. The predicted molar refractivity (Wildman–Crippen MR) is 111 cm³/mol. The average Bonchev–Trinajstić information content (AvgIpc) is 2.45. The van der Waals surface area contributed by atoms with E-state index < -0.39 is 5.60 Å². The Balaban J connectivity index is 3.12. The number of hydrogen-bond acceptors (Lipinski definition) is 3. The van der Waals surface area contributed by atoms with E-state index in [-0.39, 0.29) is 16.7 Å². The van der Waals surface area contributed by atoms with E-state index >= 15 is 0 Å². The van der Waals surface area contributed by atoms with Gasteiger partial charge in [-0.1, -0.05) is 62.3 Å². The molecule has 0 saturated heterocycles. The number of phenols is 1. The Bertz CT molecular complexity index is 544. The average molecular weight is 367 g/mol. The highest BCUT2D eigenvalue weighted by atomic mass is 32.2. The summed E-state index contributed by atoms with van der Waals surface area (Å²) in [7, 11) is 0. The summed E-state index contributed by atoms with van der Waals surface area (Å²) in [6.07, 6.45) is 1.56. The molecule has 0 aliphatic rings. The second kappa shape index (κ2) is 7.92. The van der Waals surface area contributed by atoms with Crippen LogP contribution in [0.1, 0.15) is 86.3 Å². The molecule has 0 amide bonds. The zero-order valence-electron chi connectivity index (χ0n) is 17.7. The lowest BCUT2D eigenvalue weighted by atomic mass is 9.79. The summed E-state index contributed by atoms with van der Waals surface area (Å²) in [5, 5.41) is 21.5. The van der Waals surface area contributed by atoms with Crippen LogP contribution in [0.25, 0.3) is 0 Å². The molecule has 1 unspecified atom stereocenters. The Morgan fingerprint density at radius 3 is 1.72 bits per heavy atom. The first-order valence-electron chi connectivity index (χ1n) is 9.45. The van der Waals surface area contributed by atoms with Crippen molar-refractivity contribution in [1.29, 1.82) is 0 Å². The minimum Gasteiger partial charge on any atom is -0.507 e. The Morgan fingerprint density at radius 1 is 0.960 bits per heavy atom. The zero-order valence-corrected chi connectivity index (χ0v) is 18.5. The first-order chi connectivity index (χ1) is 11.2. The summed E-state index contributed by atoms with van der Waals surface area (Å²) in [6, 6.07) is 4.24. The summed E-state index contributed by atoms with van der Waals surface area (Å²) < 4.78 is 0. The van der Waals surface area contributed by atoms with E-state index in [0.717, 1.165) is 29.7 Å². The molecule has 1 aromatic rings. The van der Waals surface area contributed by atoms with E-state index in [9.17, 15) is 10.2 Å². The van der Waals surface area contributed by atoms with Crippen molar-refractivity contribution >= 4 is 11.8 Å². The molecule has 1 rings (SSSR count). The van der Waals surface area contributed by atoms with E-state index in [0.29, 0.717) is 5.75 Å². The largest absolute Gasteiger partial charge is 0.507 e. The van der Waals surface area contributed by atoms with Gasteiger partial charge in [0.05, 0.1) is 5.60 Å². The molecule has 1 atom stereocenters. The molecular weight excluding hydrogens is 328 g/mol. The van der Waals surface area contributed by atoms with Crippen LogP contribution in [0.3, 0.4) is 0 Å². The standard InChI is InChI=1S/C22H38O2S/c1-10-22(24,15(2)3)11-12-25-16-13-17(20(4,5)6)19(23)18(14-16)21(7,8)9/h13-15,23-24H,10-12H2,1-9H3. The van der Waals surface area contributed by atoms with Crippen LogP contribution in [0, 0.1) is 5.92 Å². The molecule has 0 heterocycles. The molecule has 144 valence electrons. The monoisotopic (exact) mass is 366 g/mol. The SMILES string of the molecule is CCC(O)(CCSc1cc(C(C)(C)C)c(O)c(C(C)(C)C)c1)C(C)C. The van der Waals surface area contributed by atoms with Gasteiger partial charge < -0.3 is 10.2 Å². The summed E-state index contributed by atoms with van der Waals surface area (Å²) in [6.45, 7) is 19.0. The normalized spacial score (nSPS) is 15.5. The van der Waals surface area contributed by atoms with Crippen LogP contribution in [-0.2, 0) is 10.8 Å². The maximum Gasteiger partial charge on any atom is 0.123 e. The van der Waals surface area contributed by atoms with E-state index in [2.05, 4.69) is 74.4 Å². The zero-order chi connectivity index (χ0) is 19.6. The summed E-state index contributed by atoms with van der Waals surface area (Å²) in [4.78, 5) is 1.18. The molecule has 0 aliphatic heterocycles. The number of phenolic OH excluding ortho intramolecular Hbond substituents is 1. The molecule has 0 saturated carbocycles. The molecule has 1 aromatic carbocycles. The van der Waals surface area contributed by atoms with Crippen LogP contribution < -0.4 is 0 Å². The lowest BCUT2D eigenvalue weighted by Gasteiger charge is -2.31. The van der Waals surface area contributed by atoms with E-state index in [4.69, 9.17) is 0 Å². The van der Waals surface area contributed by atoms with Crippen LogP contribution >= 0.6 is 11.8 Å². The molecule has 0 aromatic heterocycles. The van der Waals surface area contributed by atoms with Crippen molar-refractivity contribution in [2.24, 2.45) is 5.92 Å². The van der Waals surface area contributed by atoms with Crippen molar-refractivity contribution in [3.63, 3.8) is 0 Å². The smallest absolute Gasteiger partial charge is 0.123 e. The van der Waals surface area contributed by atoms with Crippen LogP contribution in [0.4, 0.5) is 0 Å². The topological polar surface area (TPSA) is 40.5 Å². The molecule has 2 nitrogen and oxygen atoms in total. The third-order valence-electron chi connectivity index (χ3n) is 5.19. The van der Waals surface area contributed by atoms with Crippen molar-refractivity contribution < 1.29 is 10.2 Å². The quantitative estimate of drug-likeness (QED) is 0.583. The van der Waals surface area contributed by atoms with E-state index in [1.807, 2.05) is 0 Å². The minimum atomic E-state index is -0.594. The molecule has 0 aliphatic carbocycles. The van der Waals surface area contributed by atoms with Crippen molar-refractivity contribution in [2.45, 2.75) is 96.5 Å². The molecule has 2 N–H and O–H groups in total. The number of hydrogen-bond donors (Lipinski definition) is 2. The lowest BCUT2D eigenvalue weighted by Crippen LogP contribution is -2.34. The minimum absolute atomic E-state index is 0.108. The predicted octanol–water partition coefficient (Wildman–Crippen LogP) is 6.27. The van der Waals surface area contributed by atoms with Gasteiger partial charge in [-0.2, -0.15) is 0 Å². The van der Waals surface area contributed by atoms with Gasteiger partial charge in [-0.05, 0) is 41.7 Å². The Morgan fingerprint density at radius 2 is 1.40 bits per heavy atom. The van der Waals surface area contributed by atoms with Gasteiger partial charge in [0.1, 0.15) is 5.75 Å². The Labute approximate surface area is 159 Å². The third-order valence-corrected chi connectivity index (χ3v) is 6.17. The highest BCUT2D eigenvalue weighted by Gasteiger charge is 2.29. The highest BCUT2D eigenvalue weighted by molar-refractivity contribution is 7.99. The van der Waals surface area contributed by atoms with Crippen LogP contribution in [-0.4, -0.2) is 21.6 Å². The lowest BCUT2D eigenvalue weighted by molar-refractivity contribution is -0.0110. The highest BCUT2D eigenvalue weighted by Crippen LogP contribution is 2.42. The fraction of sp³-hybridized carbons (Fsp3) is 0.727. The molecular formula is C22H38O2S.